The Bertz CT molecular complexity index is 1280. The number of halogens is 2. The summed E-state index contributed by atoms with van der Waals surface area (Å²) in [6, 6.07) is 17.9. The smallest absolute Gasteiger partial charge is 0.280 e. The SMILES string of the molecule is CC(=O)c1ccc(NC(=O)c2nn(-c3ccc(F)cc3)cc2OCc2ccc(F)cc2)cc1. The van der Waals surface area contributed by atoms with E-state index in [9.17, 15) is 18.4 Å². The van der Waals surface area contributed by atoms with Gasteiger partial charge in [0.05, 0.1) is 11.9 Å². The number of ketones is 1. The summed E-state index contributed by atoms with van der Waals surface area (Å²) in [4.78, 5) is 24.4. The molecule has 0 fully saturated rings. The lowest BCUT2D eigenvalue weighted by Crippen LogP contribution is -2.14. The maximum absolute atomic E-state index is 13.3. The van der Waals surface area contributed by atoms with Crippen molar-refractivity contribution in [2.75, 3.05) is 5.32 Å². The largest absolute Gasteiger partial charge is 0.485 e. The van der Waals surface area contributed by atoms with Gasteiger partial charge >= 0.3 is 0 Å². The summed E-state index contributed by atoms with van der Waals surface area (Å²) in [6.07, 6.45) is 1.52. The van der Waals surface area contributed by atoms with Crippen molar-refractivity contribution in [2.45, 2.75) is 13.5 Å². The molecule has 6 nitrogen and oxygen atoms in total. The molecule has 4 aromatic rings. The Labute approximate surface area is 188 Å². The number of hydrogen-bond donors (Lipinski definition) is 1. The molecule has 0 saturated carbocycles. The van der Waals surface area contributed by atoms with Crippen molar-refractivity contribution in [2.24, 2.45) is 0 Å². The lowest BCUT2D eigenvalue weighted by atomic mass is 10.1. The molecule has 1 N–H and O–H groups in total. The topological polar surface area (TPSA) is 73.2 Å². The Balaban J connectivity index is 1.60. The van der Waals surface area contributed by atoms with E-state index < -0.39 is 11.7 Å². The van der Waals surface area contributed by atoms with E-state index in [0.29, 0.717) is 22.5 Å². The Morgan fingerprint density at radius 2 is 1.52 bits per heavy atom. The fourth-order valence-corrected chi connectivity index (χ4v) is 3.07. The van der Waals surface area contributed by atoms with Gasteiger partial charge in [-0.05, 0) is 73.2 Å². The zero-order valence-electron chi connectivity index (χ0n) is 17.6. The normalized spacial score (nSPS) is 10.6. The number of carbonyl (C=O) groups is 2. The summed E-state index contributed by atoms with van der Waals surface area (Å²) in [5, 5.41) is 7.05. The summed E-state index contributed by atoms with van der Waals surface area (Å²) < 4.78 is 33.7. The molecular weight excluding hydrogens is 428 g/mol. The average Bonchev–Trinajstić information content (AvgIpc) is 3.24. The summed E-state index contributed by atoms with van der Waals surface area (Å²) >= 11 is 0. The van der Waals surface area contributed by atoms with Gasteiger partial charge in [-0.1, -0.05) is 12.1 Å². The molecule has 1 aromatic heterocycles. The van der Waals surface area contributed by atoms with Gasteiger partial charge in [0.15, 0.2) is 17.2 Å². The van der Waals surface area contributed by atoms with E-state index in [4.69, 9.17) is 4.74 Å². The van der Waals surface area contributed by atoms with Crippen LogP contribution in [0.2, 0.25) is 0 Å². The molecule has 166 valence electrons. The molecular formula is C25H19F2N3O3. The number of nitrogens with zero attached hydrogens (tertiary/aromatic N) is 2. The van der Waals surface area contributed by atoms with Crippen LogP contribution in [-0.2, 0) is 6.61 Å². The molecule has 0 unspecified atom stereocenters. The summed E-state index contributed by atoms with van der Waals surface area (Å²) in [6.45, 7) is 1.55. The molecule has 8 heteroatoms. The van der Waals surface area contributed by atoms with Crippen molar-refractivity contribution >= 4 is 17.4 Å². The highest BCUT2D eigenvalue weighted by atomic mass is 19.1. The molecule has 0 aliphatic carbocycles. The van der Waals surface area contributed by atoms with Gasteiger partial charge in [0.25, 0.3) is 5.91 Å². The minimum atomic E-state index is -0.527. The molecule has 0 atom stereocenters. The lowest BCUT2D eigenvalue weighted by molar-refractivity contribution is 0.101. The van der Waals surface area contributed by atoms with Crippen LogP contribution >= 0.6 is 0 Å². The second-order valence-corrected chi connectivity index (χ2v) is 7.27. The highest BCUT2D eigenvalue weighted by molar-refractivity contribution is 6.05. The maximum Gasteiger partial charge on any atom is 0.280 e. The first-order valence-corrected chi connectivity index (χ1v) is 10.0. The average molecular weight is 447 g/mol. The number of nitrogens with one attached hydrogen (secondary N) is 1. The molecule has 3 aromatic carbocycles. The molecule has 0 bridgehead atoms. The minimum Gasteiger partial charge on any atom is -0.485 e. The monoisotopic (exact) mass is 447 g/mol. The molecule has 0 spiro atoms. The first kappa shape index (κ1) is 21.9. The number of anilines is 1. The van der Waals surface area contributed by atoms with Crippen LogP contribution < -0.4 is 10.1 Å². The third-order valence-electron chi connectivity index (χ3n) is 4.84. The number of benzene rings is 3. The van der Waals surface area contributed by atoms with Gasteiger partial charge in [0.2, 0.25) is 0 Å². The molecule has 4 rings (SSSR count). The standard InChI is InChI=1S/C25H19F2N3O3/c1-16(31)18-4-10-21(11-5-18)28-25(32)24-23(33-15-17-2-6-19(26)7-3-17)14-30(29-24)22-12-8-20(27)9-13-22/h2-14H,15H2,1H3,(H,28,32). The summed E-state index contributed by atoms with van der Waals surface area (Å²) in [5.74, 6) is -1.17. The van der Waals surface area contributed by atoms with Crippen LogP contribution in [0.3, 0.4) is 0 Å². The van der Waals surface area contributed by atoms with Crippen LogP contribution in [0.1, 0.15) is 33.3 Å². The van der Waals surface area contributed by atoms with Crippen LogP contribution in [0.15, 0.2) is 79.0 Å². The minimum absolute atomic E-state index is 0.0112. The third-order valence-corrected chi connectivity index (χ3v) is 4.84. The number of aromatic nitrogens is 2. The zero-order chi connectivity index (χ0) is 23.4. The second-order valence-electron chi connectivity index (χ2n) is 7.27. The zero-order valence-corrected chi connectivity index (χ0v) is 17.6. The highest BCUT2D eigenvalue weighted by Gasteiger charge is 2.20. The van der Waals surface area contributed by atoms with Crippen molar-refractivity contribution in [3.63, 3.8) is 0 Å². The molecule has 0 aliphatic rings. The lowest BCUT2D eigenvalue weighted by Gasteiger charge is -2.07. The third kappa shape index (κ3) is 5.30. The Kier molecular flexibility index (Phi) is 6.26. The number of hydrogen-bond acceptors (Lipinski definition) is 4. The van der Waals surface area contributed by atoms with E-state index in [-0.39, 0.29) is 29.7 Å². The van der Waals surface area contributed by atoms with Crippen molar-refractivity contribution < 1.29 is 23.1 Å². The first-order chi connectivity index (χ1) is 15.9. The highest BCUT2D eigenvalue weighted by Crippen LogP contribution is 2.23. The van der Waals surface area contributed by atoms with Crippen LogP contribution in [-0.4, -0.2) is 21.5 Å². The Morgan fingerprint density at radius 3 is 2.12 bits per heavy atom. The van der Waals surface area contributed by atoms with Crippen molar-refractivity contribution in [3.05, 3.63) is 107 Å². The van der Waals surface area contributed by atoms with Gasteiger partial charge in [-0.25, -0.2) is 13.5 Å². The van der Waals surface area contributed by atoms with Gasteiger partial charge in [0, 0.05) is 11.3 Å². The number of ether oxygens (including phenoxy) is 1. The summed E-state index contributed by atoms with van der Waals surface area (Å²) in [5.41, 5.74) is 2.25. The fourth-order valence-electron chi connectivity index (χ4n) is 3.07. The van der Waals surface area contributed by atoms with Crippen LogP contribution in [0.4, 0.5) is 14.5 Å². The fraction of sp³-hybridized carbons (Fsp3) is 0.0800. The van der Waals surface area contributed by atoms with Gasteiger partial charge < -0.3 is 10.1 Å². The van der Waals surface area contributed by atoms with Crippen molar-refractivity contribution in [1.29, 1.82) is 0 Å². The first-order valence-electron chi connectivity index (χ1n) is 10.0. The molecule has 0 saturated heterocycles. The van der Waals surface area contributed by atoms with Gasteiger partial charge in [-0.3, -0.25) is 9.59 Å². The van der Waals surface area contributed by atoms with E-state index in [1.165, 1.54) is 54.2 Å². The van der Waals surface area contributed by atoms with E-state index in [1.54, 1.807) is 36.4 Å². The van der Waals surface area contributed by atoms with E-state index in [2.05, 4.69) is 10.4 Å². The van der Waals surface area contributed by atoms with Crippen molar-refractivity contribution in [3.8, 4) is 11.4 Å². The molecule has 0 radical (unpaired) electrons. The molecule has 0 aliphatic heterocycles. The number of Topliss-reactive ketones (excluding diaryl/α,β-unsaturated/α-hetero) is 1. The van der Waals surface area contributed by atoms with Crippen LogP contribution in [0, 0.1) is 11.6 Å². The summed E-state index contributed by atoms with van der Waals surface area (Å²) in [7, 11) is 0. The number of amides is 1. The molecule has 33 heavy (non-hydrogen) atoms. The molecule has 1 amide bonds. The predicted molar refractivity (Wildman–Crippen MR) is 119 cm³/mol. The number of rotatable bonds is 7. The Hall–Kier alpha value is -4.33. The predicted octanol–water partition coefficient (Wildman–Crippen LogP) is 5.18. The quantitative estimate of drug-likeness (QED) is 0.396. The van der Waals surface area contributed by atoms with Gasteiger partial charge in [-0.15, -0.1) is 0 Å². The van der Waals surface area contributed by atoms with Gasteiger partial charge in [-0.2, -0.15) is 5.10 Å². The number of carbonyl (C=O) groups excluding carboxylic acids is 2. The van der Waals surface area contributed by atoms with E-state index in [1.807, 2.05) is 0 Å². The van der Waals surface area contributed by atoms with Crippen LogP contribution in [0.5, 0.6) is 5.75 Å². The van der Waals surface area contributed by atoms with Crippen molar-refractivity contribution in [1.82, 2.24) is 9.78 Å². The molecule has 1 heterocycles. The maximum atomic E-state index is 13.3. The van der Waals surface area contributed by atoms with E-state index in [0.717, 1.165) is 0 Å². The van der Waals surface area contributed by atoms with Crippen LogP contribution in [0.25, 0.3) is 5.69 Å². The second kappa shape index (κ2) is 9.44. The van der Waals surface area contributed by atoms with E-state index >= 15 is 0 Å². The Morgan fingerprint density at radius 1 is 0.909 bits per heavy atom. The van der Waals surface area contributed by atoms with Gasteiger partial charge in [0.1, 0.15) is 18.2 Å².